The number of allylic oxidation sites excluding steroid dienone is 4. The molecule has 0 fully saturated rings. The lowest BCUT2D eigenvalue weighted by Gasteiger charge is -2.27. The van der Waals surface area contributed by atoms with Gasteiger partial charge in [0.05, 0.1) is 18.2 Å². The Morgan fingerprint density at radius 1 is 1.26 bits per heavy atom. The van der Waals surface area contributed by atoms with Crippen molar-refractivity contribution in [1.82, 2.24) is 0 Å². The second-order valence-corrected chi connectivity index (χ2v) is 6.85. The van der Waals surface area contributed by atoms with E-state index in [0.29, 0.717) is 12.6 Å². The van der Waals surface area contributed by atoms with Crippen LogP contribution in [-0.2, 0) is 4.74 Å². The molecule has 6 heteroatoms. The van der Waals surface area contributed by atoms with E-state index in [1.54, 1.807) is 7.11 Å². The number of hydrogen-bond acceptors (Lipinski definition) is 4. The monoisotopic (exact) mass is 412 g/mol. The van der Waals surface area contributed by atoms with Gasteiger partial charge in [0.1, 0.15) is 0 Å². The van der Waals surface area contributed by atoms with Crippen LogP contribution in [0.2, 0.25) is 0 Å². The average molecular weight is 413 g/mol. The second kappa shape index (κ2) is 11.5. The van der Waals surface area contributed by atoms with Crippen LogP contribution in [0.5, 0.6) is 0 Å². The van der Waals surface area contributed by atoms with Gasteiger partial charge >= 0.3 is 0 Å². The molecule has 0 amide bonds. The third kappa shape index (κ3) is 6.37. The summed E-state index contributed by atoms with van der Waals surface area (Å²) >= 11 is 0. The molecule has 0 bridgehead atoms. The number of anilines is 1. The predicted octanol–water partition coefficient (Wildman–Crippen LogP) is 4.01. The van der Waals surface area contributed by atoms with Crippen LogP contribution in [0.15, 0.2) is 65.3 Å². The highest BCUT2D eigenvalue weighted by atomic mass is 35.5. The zero-order valence-electron chi connectivity index (χ0n) is 15.6. The number of aliphatic hydroxyl groups excluding tert-OH is 1. The van der Waals surface area contributed by atoms with Gasteiger partial charge in [0.25, 0.3) is 0 Å². The van der Waals surface area contributed by atoms with Gasteiger partial charge in [-0.1, -0.05) is 42.0 Å². The van der Waals surface area contributed by atoms with Gasteiger partial charge in [-0.15, -0.1) is 24.8 Å². The number of nitrogens with one attached hydrogen (secondary N) is 1. The Morgan fingerprint density at radius 3 is 2.70 bits per heavy atom. The van der Waals surface area contributed by atoms with Crippen molar-refractivity contribution in [3.05, 3.63) is 65.3 Å². The maximum atomic E-state index is 10.5. The Bertz CT molecular complexity index is 674. The quantitative estimate of drug-likeness (QED) is 0.659. The van der Waals surface area contributed by atoms with E-state index in [-0.39, 0.29) is 30.9 Å². The highest BCUT2D eigenvalue weighted by Crippen LogP contribution is 2.34. The predicted molar refractivity (Wildman–Crippen MR) is 117 cm³/mol. The summed E-state index contributed by atoms with van der Waals surface area (Å²) in [5.41, 5.74) is 11.2. The molecule has 0 saturated carbocycles. The first-order valence-corrected chi connectivity index (χ1v) is 9.00. The first kappa shape index (κ1) is 23.7. The van der Waals surface area contributed by atoms with Gasteiger partial charge in [-0.3, -0.25) is 0 Å². The lowest BCUT2D eigenvalue weighted by Crippen LogP contribution is -2.41. The van der Waals surface area contributed by atoms with Crippen molar-refractivity contribution >= 4 is 30.5 Å². The molecule has 4 N–H and O–H groups in total. The first-order chi connectivity index (χ1) is 12.2. The third-order valence-corrected chi connectivity index (χ3v) is 5.15. The van der Waals surface area contributed by atoms with Gasteiger partial charge in [-0.25, -0.2) is 0 Å². The summed E-state index contributed by atoms with van der Waals surface area (Å²) in [7, 11) is 1.78. The van der Waals surface area contributed by atoms with Crippen molar-refractivity contribution in [2.24, 2.45) is 5.73 Å². The van der Waals surface area contributed by atoms with Crippen molar-refractivity contribution in [3.63, 3.8) is 0 Å². The Morgan fingerprint density at radius 2 is 2.00 bits per heavy atom. The standard InChI is InChI=1S/C21H28N2O2.2ClH/c1-25-19-11-10-15-6-5-7-16(12-17(15)13-19)21(22)20(24)14-23-18-8-3-2-4-9-18;;/h2-9,19-21,23-24H,10-14,22H2,1H3;2*1H. The molecule has 3 atom stereocenters. The maximum Gasteiger partial charge on any atom is 0.0901 e. The van der Waals surface area contributed by atoms with E-state index in [1.807, 2.05) is 30.3 Å². The number of halogens is 2. The van der Waals surface area contributed by atoms with Crippen molar-refractivity contribution in [1.29, 1.82) is 0 Å². The number of benzene rings is 1. The van der Waals surface area contributed by atoms with Crippen molar-refractivity contribution < 1.29 is 9.84 Å². The van der Waals surface area contributed by atoms with Crippen LogP contribution in [0, 0.1) is 0 Å². The SMILES string of the molecule is COC1CCC2=C(CC(C(N)C(O)CNc3ccccc3)=CC=C2)C1.Cl.Cl. The van der Waals surface area contributed by atoms with E-state index in [9.17, 15) is 5.11 Å². The molecule has 2 aliphatic carbocycles. The number of hydrogen-bond donors (Lipinski definition) is 3. The Kier molecular flexibility index (Phi) is 10.1. The molecule has 27 heavy (non-hydrogen) atoms. The molecule has 150 valence electrons. The summed E-state index contributed by atoms with van der Waals surface area (Å²) in [6.07, 6.45) is 9.90. The van der Waals surface area contributed by atoms with Crippen LogP contribution in [0.25, 0.3) is 0 Å². The van der Waals surface area contributed by atoms with E-state index >= 15 is 0 Å². The summed E-state index contributed by atoms with van der Waals surface area (Å²) < 4.78 is 5.54. The molecule has 0 saturated heterocycles. The molecular weight excluding hydrogens is 383 g/mol. The van der Waals surface area contributed by atoms with Gasteiger partial charge in [-0.05, 0) is 49.0 Å². The molecule has 0 heterocycles. The molecular formula is C21H30Cl2N2O2. The first-order valence-electron chi connectivity index (χ1n) is 9.00. The molecule has 1 aromatic carbocycles. The maximum absolute atomic E-state index is 10.5. The Balaban J connectivity index is 0.00000182. The fourth-order valence-electron chi connectivity index (χ4n) is 3.56. The van der Waals surface area contributed by atoms with Crippen LogP contribution in [0.1, 0.15) is 25.7 Å². The Labute approximate surface area is 174 Å². The smallest absolute Gasteiger partial charge is 0.0901 e. The number of rotatable bonds is 6. The second-order valence-electron chi connectivity index (χ2n) is 6.85. The average Bonchev–Trinajstić information content (AvgIpc) is 2.87. The normalized spacial score (nSPS) is 21.0. The van der Waals surface area contributed by atoms with Gasteiger partial charge in [0, 0.05) is 19.3 Å². The number of aliphatic hydroxyl groups is 1. The van der Waals surface area contributed by atoms with Gasteiger partial charge < -0.3 is 20.9 Å². The summed E-state index contributed by atoms with van der Waals surface area (Å²) in [5, 5.41) is 13.8. The topological polar surface area (TPSA) is 67.5 Å². The summed E-state index contributed by atoms with van der Waals surface area (Å²) in [4.78, 5) is 0. The van der Waals surface area contributed by atoms with Crippen LogP contribution in [0.4, 0.5) is 5.69 Å². The fraction of sp³-hybridized carbons (Fsp3) is 0.429. The molecule has 2 aliphatic rings. The molecule has 3 unspecified atom stereocenters. The van der Waals surface area contributed by atoms with E-state index in [4.69, 9.17) is 10.5 Å². The summed E-state index contributed by atoms with van der Waals surface area (Å²) in [6.45, 7) is 0.429. The van der Waals surface area contributed by atoms with Crippen molar-refractivity contribution in [3.8, 4) is 0 Å². The Hall–Kier alpha value is -1.30. The molecule has 1 aromatic rings. The molecule has 0 aliphatic heterocycles. The van der Waals surface area contributed by atoms with Crippen molar-refractivity contribution in [2.45, 2.75) is 43.9 Å². The van der Waals surface area contributed by atoms with E-state index in [1.165, 1.54) is 11.1 Å². The van der Waals surface area contributed by atoms with E-state index in [0.717, 1.165) is 36.9 Å². The van der Waals surface area contributed by atoms with Crippen LogP contribution in [0.3, 0.4) is 0 Å². The lowest BCUT2D eigenvalue weighted by atomic mass is 9.85. The minimum atomic E-state index is -0.635. The molecule has 0 radical (unpaired) electrons. The van der Waals surface area contributed by atoms with Crippen molar-refractivity contribution in [2.75, 3.05) is 19.0 Å². The minimum Gasteiger partial charge on any atom is -0.389 e. The zero-order chi connectivity index (χ0) is 17.6. The molecule has 0 spiro atoms. The molecule has 4 nitrogen and oxygen atoms in total. The van der Waals surface area contributed by atoms with Crippen LogP contribution >= 0.6 is 24.8 Å². The minimum absolute atomic E-state index is 0. The number of para-hydroxylation sites is 1. The van der Waals surface area contributed by atoms with Crippen LogP contribution in [-0.4, -0.2) is 37.0 Å². The highest BCUT2D eigenvalue weighted by molar-refractivity contribution is 5.85. The van der Waals surface area contributed by atoms with E-state index < -0.39 is 6.10 Å². The number of methoxy groups -OCH3 is 1. The van der Waals surface area contributed by atoms with Gasteiger partial charge in [-0.2, -0.15) is 0 Å². The molecule has 3 rings (SSSR count). The van der Waals surface area contributed by atoms with Gasteiger partial charge in [0.15, 0.2) is 0 Å². The van der Waals surface area contributed by atoms with E-state index in [2.05, 4.69) is 23.5 Å². The zero-order valence-corrected chi connectivity index (χ0v) is 17.3. The lowest BCUT2D eigenvalue weighted by molar-refractivity contribution is 0.0908. The third-order valence-electron chi connectivity index (χ3n) is 5.15. The number of nitrogens with two attached hydrogens (primary N) is 1. The molecule has 0 aromatic heterocycles. The summed E-state index contributed by atoms with van der Waals surface area (Å²) in [6, 6.07) is 9.49. The fourth-order valence-corrected chi connectivity index (χ4v) is 3.56. The highest BCUT2D eigenvalue weighted by Gasteiger charge is 2.25. The van der Waals surface area contributed by atoms with Crippen LogP contribution < -0.4 is 11.1 Å². The van der Waals surface area contributed by atoms with Gasteiger partial charge in [0.2, 0.25) is 0 Å². The number of ether oxygens (including phenoxy) is 1. The largest absolute Gasteiger partial charge is 0.389 e. The summed E-state index contributed by atoms with van der Waals surface area (Å²) in [5.74, 6) is 0.